The first-order valence-corrected chi connectivity index (χ1v) is 7.18. The number of allylic oxidation sites excluding steroid dienone is 1. The van der Waals surface area contributed by atoms with Crippen molar-refractivity contribution in [3.63, 3.8) is 0 Å². The van der Waals surface area contributed by atoms with Gasteiger partial charge in [0.25, 0.3) is 0 Å². The molecule has 0 unspecified atom stereocenters. The molecule has 0 aromatic rings. The van der Waals surface area contributed by atoms with Gasteiger partial charge in [-0.2, -0.15) is 0 Å². The van der Waals surface area contributed by atoms with Crippen LogP contribution in [0.4, 0.5) is 0 Å². The largest absolute Gasteiger partial charge is 0.492 e. The Kier molecular flexibility index (Phi) is 3.70. The van der Waals surface area contributed by atoms with Crippen molar-refractivity contribution >= 4 is 22.6 Å². The molecule has 1 fully saturated rings. The van der Waals surface area contributed by atoms with Gasteiger partial charge in [0.1, 0.15) is 5.76 Å². The highest BCUT2D eigenvalue weighted by Crippen LogP contribution is 2.44. The van der Waals surface area contributed by atoms with Crippen molar-refractivity contribution in [2.75, 3.05) is 13.7 Å². The number of alkyl halides is 1. The number of halogens is 1. The fourth-order valence-corrected chi connectivity index (χ4v) is 2.68. The van der Waals surface area contributed by atoms with Gasteiger partial charge in [0.05, 0.1) is 12.3 Å². The lowest BCUT2D eigenvalue weighted by molar-refractivity contribution is 0.214. The third-order valence-electron chi connectivity index (χ3n) is 3.13. The molecule has 2 aliphatic rings. The van der Waals surface area contributed by atoms with Gasteiger partial charge in [-0.05, 0) is 47.4 Å². The zero-order valence-corrected chi connectivity index (χ0v) is 12.8. The van der Waals surface area contributed by atoms with Crippen molar-refractivity contribution in [1.29, 1.82) is 0 Å². The Hall–Kier alpha value is -0.650. The van der Waals surface area contributed by atoms with Gasteiger partial charge in [0, 0.05) is 19.4 Å². The molecule has 2 atom stereocenters. The summed E-state index contributed by atoms with van der Waals surface area (Å²) in [5.74, 6) is 1.47. The Morgan fingerprint density at radius 2 is 2.24 bits per heavy atom. The minimum absolute atomic E-state index is 0.306. The summed E-state index contributed by atoms with van der Waals surface area (Å²) in [6, 6.07) is 0. The van der Waals surface area contributed by atoms with Crippen LogP contribution in [0.5, 0.6) is 0 Å². The molecular weight excluding hydrogens is 327 g/mol. The highest BCUT2D eigenvalue weighted by atomic mass is 127. The molecule has 0 spiro atoms. The summed E-state index contributed by atoms with van der Waals surface area (Å²) in [5, 5.41) is 0. The maximum atomic E-state index is 5.60. The average molecular weight is 346 g/mol. The summed E-state index contributed by atoms with van der Waals surface area (Å²) < 4.78 is 5.91. The molecule has 1 aliphatic carbocycles. The van der Waals surface area contributed by atoms with Gasteiger partial charge >= 0.3 is 0 Å². The molecule has 17 heavy (non-hydrogen) atoms. The normalized spacial score (nSPS) is 29.6. The summed E-state index contributed by atoms with van der Waals surface area (Å²) in [6.07, 6.45) is 5.36. The molecule has 0 aromatic carbocycles. The van der Waals surface area contributed by atoms with Crippen LogP contribution in [-0.2, 0) is 4.74 Å². The van der Waals surface area contributed by atoms with E-state index in [2.05, 4.69) is 65.3 Å². The van der Waals surface area contributed by atoms with Gasteiger partial charge in [0.2, 0.25) is 0 Å². The van der Waals surface area contributed by atoms with Gasteiger partial charge in [-0.1, -0.05) is 13.5 Å². The van der Waals surface area contributed by atoms with Crippen molar-refractivity contribution in [1.82, 2.24) is 9.80 Å². The van der Waals surface area contributed by atoms with Crippen LogP contribution >= 0.6 is 22.6 Å². The Bertz CT molecular complexity index is 389. The quantitative estimate of drug-likeness (QED) is 0.336. The zero-order valence-electron chi connectivity index (χ0n) is 10.6. The first-order chi connectivity index (χ1) is 8.06. The van der Waals surface area contributed by atoms with Crippen molar-refractivity contribution in [3.05, 3.63) is 36.0 Å². The van der Waals surface area contributed by atoms with Gasteiger partial charge in [0.15, 0.2) is 4.17 Å². The smallest absolute Gasteiger partial charge is 0.158 e. The molecule has 0 bridgehead atoms. The summed E-state index contributed by atoms with van der Waals surface area (Å²) in [6.45, 7) is 8.98. The van der Waals surface area contributed by atoms with E-state index in [1.807, 2.05) is 6.92 Å². The van der Waals surface area contributed by atoms with E-state index in [0.717, 1.165) is 5.76 Å². The summed E-state index contributed by atoms with van der Waals surface area (Å²) in [5.41, 5.74) is 2.64. The number of hydrogen-bond acceptors (Lipinski definition) is 3. The van der Waals surface area contributed by atoms with Crippen LogP contribution in [0.25, 0.3) is 0 Å². The molecule has 1 saturated carbocycles. The van der Waals surface area contributed by atoms with Gasteiger partial charge in [-0.15, -0.1) is 0 Å². The summed E-state index contributed by atoms with van der Waals surface area (Å²) in [7, 11) is 2.08. The molecule has 1 aliphatic heterocycles. The molecule has 0 aromatic heterocycles. The lowest BCUT2D eigenvalue weighted by Crippen LogP contribution is -2.31. The van der Waals surface area contributed by atoms with Crippen molar-refractivity contribution in [2.45, 2.75) is 24.4 Å². The lowest BCUT2D eigenvalue weighted by atomic mass is 10.3. The predicted molar refractivity (Wildman–Crippen MR) is 78.1 cm³/mol. The van der Waals surface area contributed by atoms with Crippen LogP contribution in [-0.4, -0.2) is 27.6 Å². The van der Waals surface area contributed by atoms with Gasteiger partial charge < -0.3 is 14.5 Å². The number of rotatable bonds is 4. The fourth-order valence-electron chi connectivity index (χ4n) is 2.03. The van der Waals surface area contributed by atoms with E-state index in [4.69, 9.17) is 4.74 Å². The maximum absolute atomic E-state index is 5.60. The van der Waals surface area contributed by atoms with E-state index < -0.39 is 0 Å². The molecule has 0 saturated heterocycles. The molecule has 2 rings (SSSR count). The highest BCUT2D eigenvalue weighted by Gasteiger charge is 2.35. The molecule has 94 valence electrons. The maximum Gasteiger partial charge on any atom is 0.158 e. The summed E-state index contributed by atoms with van der Waals surface area (Å²) in [4.78, 5) is 4.42. The molecule has 4 heteroatoms. The third-order valence-corrected chi connectivity index (χ3v) is 4.61. The second-order valence-electron chi connectivity index (χ2n) is 4.52. The topological polar surface area (TPSA) is 15.7 Å². The van der Waals surface area contributed by atoms with Crippen molar-refractivity contribution in [3.8, 4) is 0 Å². The van der Waals surface area contributed by atoms with Crippen molar-refractivity contribution in [2.24, 2.45) is 5.92 Å². The molecule has 0 radical (unpaired) electrons. The minimum Gasteiger partial charge on any atom is -0.492 e. The predicted octanol–water partition coefficient (Wildman–Crippen LogP) is 3.27. The number of hydrogen-bond donors (Lipinski definition) is 0. The van der Waals surface area contributed by atoms with E-state index in [0.29, 0.717) is 16.7 Å². The molecule has 3 nitrogen and oxygen atoms in total. The monoisotopic (exact) mass is 346 g/mol. The fraction of sp³-hybridized carbons (Fsp3) is 0.538. The van der Waals surface area contributed by atoms with E-state index in [-0.39, 0.29) is 0 Å². The van der Waals surface area contributed by atoms with Crippen LogP contribution < -0.4 is 0 Å². The minimum atomic E-state index is 0.306. The van der Waals surface area contributed by atoms with Crippen LogP contribution in [0.2, 0.25) is 0 Å². The van der Waals surface area contributed by atoms with E-state index in [1.54, 1.807) is 0 Å². The SMILES string of the molecule is C=C(OCC)/C(=C1/C[C@H]1C)N1C=CN(C)[C@@H]1I. The first-order valence-electron chi connectivity index (χ1n) is 5.94. The second-order valence-corrected chi connectivity index (χ2v) is 5.63. The van der Waals surface area contributed by atoms with Gasteiger partial charge in [-0.3, -0.25) is 0 Å². The van der Waals surface area contributed by atoms with Crippen molar-refractivity contribution < 1.29 is 4.74 Å². The Balaban J connectivity index is 2.25. The number of ether oxygens (including phenoxy) is 1. The van der Waals surface area contributed by atoms with Crippen LogP contribution in [0.15, 0.2) is 36.0 Å². The second kappa shape index (κ2) is 4.92. The van der Waals surface area contributed by atoms with E-state index >= 15 is 0 Å². The zero-order chi connectivity index (χ0) is 12.6. The van der Waals surface area contributed by atoms with Crippen LogP contribution in [0.1, 0.15) is 20.3 Å². The standard InChI is InChI=1S/C13H19IN2O/c1-5-17-10(3)12(11-8-9(11)2)16-7-6-15(4)13(16)14/h6-7,9,13H,3,5,8H2,1-2,4H3/b12-11+/t9-,13+/m1/s1. The molecule has 1 heterocycles. The molecular formula is C13H19IN2O. The van der Waals surface area contributed by atoms with E-state index in [9.17, 15) is 0 Å². The van der Waals surface area contributed by atoms with Gasteiger partial charge in [-0.25, -0.2) is 0 Å². The average Bonchev–Trinajstić information content (AvgIpc) is 2.90. The van der Waals surface area contributed by atoms with E-state index in [1.165, 1.54) is 17.7 Å². The Morgan fingerprint density at radius 3 is 2.65 bits per heavy atom. The third kappa shape index (κ3) is 2.46. The Morgan fingerprint density at radius 1 is 1.59 bits per heavy atom. The lowest BCUT2D eigenvalue weighted by Gasteiger charge is -2.28. The Labute approximate surface area is 117 Å². The number of nitrogens with zero attached hydrogens (tertiary/aromatic N) is 2. The highest BCUT2D eigenvalue weighted by molar-refractivity contribution is 14.1. The molecule has 0 N–H and O–H groups in total. The molecule has 0 amide bonds. The first kappa shape index (κ1) is 12.8. The van der Waals surface area contributed by atoms with Crippen LogP contribution in [0, 0.1) is 5.92 Å². The van der Waals surface area contributed by atoms with Crippen LogP contribution in [0.3, 0.4) is 0 Å². The summed E-state index contributed by atoms with van der Waals surface area (Å²) >= 11 is 2.42.